The molecule has 0 saturated carbocycles. The number of methoxy groups -OCH3 is 1. The summed E-state index contributed by atoms with van der Waals surface area (Å²) in [5, 5.41) is 8.69. The molecule has 2 aromatic carbocycles. The Morgan fingerprint density at radius 3 is 2.30 bits per heavy atom. The van der Waals surface area contributed by atoms with Gasteiger partial charge in [-0.2, -0.15) is 4.31 Å². The number of aromatic nitrogens is 2. The van der Waals surface area contributed by atoms with Crippen molar-refractivity contribution in [1.82, 2.24) is 14.5 Å². The average Bonchev–Trinajstić information content (AvgIpc) is 2.79. The molecule has 4 rings (SSSR count). The molecule has 0 bridgehead atoms. The molecular weight excluding hydrogens is 468 g/mol. The second kappa shape index (κ2) is 8.71. The molecule has 1 aliphatic heterocycles. The number of nitrogens with zero attached hydrogens (tertiary/aromatic N) is 4. The van der Waals surface area contributed by atoms with Gasteiger partial charge < -0.3 is 9.64 Å². The lowest BCUT2D eigenvalue weighted by atomic mass is 10.1. The minimum Gasteiger partial charge on any atom is -0.497 e. The Morgan fingerprint density at radius 1 is 0.933 bits per heavy atom. The van der Waals surface area contributed by atoms with Gasteiger partial charge in [-0.3, -0.25) is 0 Å². The summed E-state index contributed by atoms with van der Waals surface area (Å²) in [7, 11) is -1.87. The monoisotopic (exact) mass is 488 g/mol. The van der Waals surface area contributed by atoms with E-state index < -0.39 is 10.0 Å². The summed E-state index contributed by atoms with van der Waals surface area (Å²) < 4.78 is 33.3. The lowest BCUT2D eigenvalue weighted by molar-refractivity contribution is 0.383. The van der Waals surface area contributed by atoms with Crippen LogP contribution in [0.3, 0.4) is 0 Å². The number of hydrogen-bond acceptors (Lipinski definition) is 6. The van der Waals surface area contributed by atoms with Crippen molar-refractivity contribution >= 4 is 31.8 Å². The standard InChI is InChI=1S/C21H21BrN4O3S/c1-29-18-4-2-3-16(15-18)20-9-10-21(24-23-20)25-11-13-26(14-12-25)30(27,28)19-7-5-17(22)6-8-19/h2-10,15H,11-14H2,1H3. The van der Waals surface area contributed by atoms with E-state index in [1.807, 2.05) is 36.4 Å². The van der Waals surface area contributed by atoms with Gasteiger partial charge in [-0.1, -0.05) is 28.1 Å². The summed E-state index contributed by atoms with van der Waals surface area (Å²) in [4.78, 5) is 2.36. The van der Waals surface area contributed by atoms with E-state index in [0.717, 1.165) is 27.3 Å². The van der Waals surface area contributed by atoms with Crippen molar-refractivity contribution in [3.63, 3.8) is 0 Å². The lowest BCUT2D eigenvalue weighted by Gasteiger charge is -2.34. The molecule has 0 amide bonds. The molecular formula is C21H21BrN4O3S. The summed E-state index contributed by atoms with van der Waals surface area (Å²) in [6.07, 6.45) is 0. The van der Waals surface area contributed by atoms with Crippen LogP contribution in [0.1, 0.15) is 0 Å². The summed E-state index contributed by atoms with van der Waals surface area (Å²) in [5.74, 6) is 1.50. The van der Waals surface area contributed by atoms with Gasteiger partial charge in [0.2, 0.25) is 10.0 Å². The highest BCUT2D eigenvalue weighted by Gasteiger charge is 2.29. The van der Waals surface area contributed by atoms with Gasteiger partial charge in [-0.15, -0.1) is 10.2 Å². The Hall–Kier alpha value is -2.49. The van der Waals surface area contributed by atoms with E-state index in [0.29, 0.717) is 31.1 Å². The van der Waals surface area contributed by atoms with Crippen molar-refractivity contribution < 1.29 is 13.2 Å². The third-order valence-corrected chi connectivity index (χ3v) is 7.47. The first-order chi connectivity index (χ1) is 14.5. The third kappa shape index (κ3) is 4.33. The maximum absolute atomic E-state index is 12.8. The zero-order chi connectivity index (χ0) is 21.1. The van der Waals surface area contributed by atoms with Crippen LogP contribution in [0.5, 0.6) is 5.75 Å². The molecule has 7 nitrogen and oxygen atoms in total. The highest BCUT2D eigenvalue weighted by Crippen LogP contribution is 2.24. The van der Waals surface area contributed by atoms with Crippen molar-refractivity contribution in [2.24, 2.45) is 0 Å². The summed E-state index contributed by atoms with van der Waals surface area (Å²) in [6, 6.07) is 18.2. The molecule has 0 atom stereocenters. The minimum absolute atomic E-state index is 0.307. The maximum Gasteiger partial charge on any atom is 0.243 e. The van der Waals surface area contributed by atoms with Gasteiger partial charge in [0, 0.05) is 36.2 Å². The largest absolute Gasteiger partial charge is 0.497 e. The van der Waals surface area contributed by atoms with Crippen LogP contribution in [0.4, 0.5) is 5.82 Å². The highest BCUT2D eigenvalue weighted by molar-refractivity contribution is 9.10. The molecule has 0 unspecified atom stereocenters. The third-order valence-electron chi connectivity index (χ3n) is 5.03. The topological polar surface area (TPSA) is 75.6 Å². The van der Waals surface area contributed by atoms with E-state index in [-0.39, 0.29) is 0 Å². The van der Waals surface area contributed by atoms with Gasteiger partial charge in [0.05, 0.1) is 17.7 Å². The van der Waals surface area contributed by atoms with Gasteiger partial charge in [0.15, 0.2) is 5.82 Å². The van der Waals surface area contributed by atoms with Crippen LogP contribution in [0.2, 0.25) is 0 Å². The number of hydrogen-bond donors (Lipinski definition) is 0. The number of rotatable bonds is 5. The predicted octanol–water partition coefficient (Wildman–Crippen LogP) is 3.43. The zero-order valence-electron chi connectivity index (χ0n) is 16.4. The SMILES string of the molecule is COc1cccc(-c2ccc(N3CCN(S(=O)(=O)c4ccc(Br)cc4)CC3)nn2)c1. The summed E-state index contributed by atoms with van der Waals surface area (Å²) >= 11 is 3.33. The number of sulfonamides is 1. The van der Waals surface area contributed by atoms with Crippen molar-refractivity contribution in [1.29, 1.82) is 0 Å². The van der Waals surface area contributed by atoms with Crippen LogP contribution in [0, 0.1) is 0 Å². The molecule has 1 aromatic heterocycles. The Balaban J connectivity index is 1.43. The first-order valence-corrected chi connectivity index (χ1v) is 11.7. The van der Waals surface area contributed by atoms with Crippen molar-refractivity contribution in [3.05, 3.63) is 65.1 Å². The normalized spacial score (nSPS) is 15.2. The van der Waals surface area contributed by atoms with Crippen LogP contribution in [-0.4, -0.2) is 56.2 Å². The van der Waals surface area contributed by atoms with Crippen molar-refractivity contribution in [2.75, 3.05) is 38.2 Å². The molecule has 0 aliphatic carbocycles. The molecule has 0 N–H and O–H groups in total. The molecule has 1 fully saturated rings. The van der Waals surface area contributed by atoms with Gasteiger partial charge in [-0.25, -0.2) is 8.42 Å². The Labute approximate surface area is 184 Å². The molecule has 2 heterocycles. The van der Waals surface area contributed by atoms with E-state index in [2.05, 4.69) is 31.0 Å². The van der Waals surface area contributed by atoms with Gasteiger partial charge in [0.25, 0.3) is 0 Å². The first-order valence-electron chi connectivity index (χ1n) is 9.46. The average molecular weight is 489 g/mol. The summed E-state index contributed by atoms with van der Waals surface area (Å²) in [6.45, 7) is 1.92. The van der Waals surface area contributed by atoms with E-state index in [9.17, 15) is 8.42 Å². The van der Waals surface area contributed by atoms with Crippen LogP contribution in [-0.2, 0) is 10.0 Å². The van der Waals surface area contributed by atoms with Gasteiger partial charge >= 0.3 is 0 Å². The second-order valence-electron chi connectivity index (χ2n) is 6.85. The molecule has 156 valence electrons. The molecule has 9 heteroatoms. The fourth-order valence-corrected chi connectivity index (χ4v) is 5.03. The van der Waals surface area contributed by atoms with E-state index in [1.165, 1.54) is 4.31 Å². The maximum atomic E-state index is 12.8. The number of halogens is 1. The van der Waals surface area contributed by atoms with Crippen LogP contribution >= 0.6 is 15.9 Å². The second-order valence-corrected chi connectivity index (χ2v) is 9.71. The van der Waals surface area contributed by atoms with E-state index in [1.54, 1.807) is 31.4 Å². The Bertz CT molecular complexity index is 1110. The van der Waals surface area contributed by atoms with Crippen molar-refractivity contribution in [3.8, 4) is 17.0 Å². The smallest absolute Gasteiger partial charge is 0.243 e. The number of anilines is 1. The van der Waals surface area contributed by atoms with E-state index >= 15 is 0 Å². The Morgan fingerprint density at radius 2 is 1.67 bits per heavy atom. The number of piperazine rings is 1. The molecule has 3 aromatic rings. The van der Waals surface area contributed by atoms with Gasteiger partial charge in [-0.05, 0) is 48.5 Å². The molecule has 30 heavy (non-hydrogen) atoms. The summed E-state index contributed by atoms with van der Waals surface area (Å²) in [5.41, 5.74) is 1.69. The van der Waals surface area contributed by atoms with Crippen molar-refractivity contribution in [2.45, 2.75) is 4.90 Å². The fraction of sp³-hybridized carbons (Fsp3) is 0.238. The Kier molecular flexibility index (Phi) is 6.03. The molecule has 0 spiro atoms. The van der Waals surface area contributed by atoms with Crippen LogP contribution in [0.15, 0.2) is 70.0 Å². The molecule has 1 aliphatic rings. The first kappa shape index (κ1) is 20.8. The van der Waals surface area contributed by atoms with Crippen LogP contribution in [0.25, 0.3) is 11.3 Å². The minimum atomic E-state index is -3.50. The lowest BCUT2D eigenvalue weighted by Crippen LogP contribution is -2.48. The quantitative estimate of drug-likeness (QED) is 0.547. The number of benzene rings is 2. The highest BCUT2D eigenvalue weighted by atomic mass is 79.9. The fourth-order valence-electron chi connectivity index (χ4n) is 3.34. The van der Waals surface area contributed by atoms with Crippen LogP contribution < -0.4 is 9.64 Å². The zero-order valence-corrected chi connectivity index (χ0v) is 18.8. The van der Waals surface area contributed by atoms with Gasteiger partial charge in [0.1, 0.15) is 5.75 Å². The number of ether oxygens (including phenoxy) is 1. The molecule has 0 radical (unpaired) electrons. The predicted molar refractivity (Wildman–Crippen MR) is 119 cm³/mol. The molecule has 1 saturated heterocycles. The van der Waals surface area contributed by atoms with E-state index in [4.69, 9.17) is 4.74 Å².